The summed E-state index contributed by atoms with van der Waals surface area (Å²) in [4.78, 5) is 16.6. The van der Waals surface area contributed by atoms with Crippen LogP contribution in [-0.2, 0) is 11.2 Å². The molecule has 30 heavy (non-hydrogen) atoms. The number of likely N-dealkylation sites (N-methyl/N-ethyl adjacent to an activating group) is 1. The van der Waals surface area contributed by atoms with E-state index >= 15 is 0 Å². The Morgan fingerprint density at radius 3 is 2.37 bits per heavy atom. The average molecular weight is 408 g/mol. The number of hydrogen-bond acceptors (Lipinski definition) is 7. The van der Waals surface area contributed by atoms with Crippen molar-refractivity contribution in [3.8, 4) is 0 Å². The minimum Gasteiger partial charge on any atom is -0.398 e. The molecule has 0 saturated carbocycles. The van der Waals surface area contributed by atoms with E-state index in [2.05, 4.69) is 11.9 Å². The molecule has 0 spiro atoms. The zero-order chi connectivity index (χ0) is 21.7. The van der Waals surface area contributed by atoms with Crippen LogP contribution in [0.3, 0.4) is 0 Å². The summed E-state index contributed by atoms with van der Waals surface area (Å²) >= 11 is 0. The molecule has 1 aliphatic rings. The lowest BCUT2D eigenvalue weighted by Gasteiger charge is -2.32. The number of nitrogens with zero attached hydrogens (tertiary/aromatic N) is 3. The second kappa shape index (κ2) is 9.43. The number of piperazine rings is 1. The molecule has 8 nitrogen and oxygen atoms in total. The maximum absolute atomic E-state index is 12.5. The van der Waals surface area contributed by atoms with Crippen molar-refractivity contribution in [3.05, 3.63) is 71.6 Å². The third-order valence-electron chi connectivity index (χ3n) is 5.24. The lowest BCUT2D eigenvalue weighted by Crippen LogP contribution is -2.47. The smallest absolute Gasteiger partial charge is 0.227 e. The minimum absolute atomic E-state index is 0.109. The molecule has 1 amide bonds. The monoisotopic (exact) mass is 407 g/mol. The van der Waals surface area contributed by atoms with Crippen molar-refractivity contribution < 1.29 is 4.79 Å². The number of carbonyl (C=O) groups is 1. The van der Waals surface area contributed by atoms with Crippen molar-refractivity contribution in [1.82, 2.24) is 9.80 Å². The number of anilines is 2. The van der Waals surface area contributed by atoms with Crippen LogP contribution in [0, 0.1) is 5.41 Å². The molecule has 1 aliphatic heterocycles. The summed E-state index contributed by atoms with van der Waals surface area (Å²) in [6.45, 7) is 3.35. The molecule has 0 aliphatic carbocycles. The minimum atomic E-state index is 0.109. The predicted octanol–water partition coefficient (Wildman–Crippen LogP) is 1.13. The number of carbonyl (C=O) groups excluding carboxylic acids is 1. The molecule has 158 valence electrons. The van der Waals surface area contributed by atoms with Crippen LogP contribution >= 0.6 is 0 Å². The highest BCUT2D eigenvalue weighted by Gasteiger charge is 2.19. The van der Waals surface area contributed by atoms with Crippen LogP contribution in [0.2, 0.25) is 0 Å². The first kappa shape index (κ1) is 21.4. The second-order valence-corrected chi connectivity index (χ2v) is 7.48. The predicted molar refractivity (Wildman–Crippen MR) is 121 cm³/mol. The normalized spacial score (nSPS) is 15.1. The van der Waals surface area contributed by atoms with Crippen molar-refractivity contribution in [3.63, 3.8) is 0 Å². The maximum Gasteiger partial charge on any atom is 0.227 e. The quantitative estimate of drug-likeness (QED) is 0.246. The molecular weight excluding hydrogens is 378 g/mol. The number of hydrazine groups is 1. The largest absolute Gasteiger partial charge is 0.398 e. The summed E-state index contributed by atoms with van der Waals surface area (Å²) in [6.07, 6.45) is 1.85. The number of hydrogen-bond donors (Lipinski definition) is 4. The van der Waals surface area contributed by atoms with Crippen molar-refractivity contribution >= 4 is 23.0 Å². The molecule has 1 fully saturated rings. The van der Waals surface area contributed by atoms with Gasteiger partial charge in [0.25, 0.3) is 0 Å². The highest BCUT2D eigenvalue weighted by Crippen LogP contribution is 2.17. The SMILES string of the molecule is CN1CCN(C(=O)Cc2ccc(N(N)/C=C(\N)C(=N)c3ccccc3N)cc2)CC1. The zero-order valence-corrected chi connectivity index (χ0v) is 17.2. The van der Waals surface area contributed by atoms with E-state index in [-0.39, 0.29) is 17.3 Å². The van der Waals surface area contributed by atoms with Gasteiger partial charge >= 0.3 is 0 Å². The Morgan fingerprint density at radius 1 is 1.10 bits per heavy atom. The molecule has 0 atom stereocenters. The van der Waals surface area contributed by atoms with Crippen molar-refractivity contribution in [1.29, 1.82) is 5.41 Å². The van der Waals surface area contributed by atoms with Gasteiger partial charge in [-0.05, 0) is 30.8 Å². The van der Waals surface area contributed by atoms with Gasteiger partial charge in [0.15, 0.2) is 0 Å². The van der Waals surface area contributed by atoms with E-state index in [1.54, 1.807) is 24.3 Å². The molecule has 2 aromatic carbocycles. The molecule has 0 unspecified atom stereocenters. The number of amides is 1. The molecule has 0 radical (unpaired) electrons. The molecule has 0 bridgehead atoms. The van der Waals surface area contributed by atoms with Gasteiger partial charge in [0.05, 0.1) is 23.5 Å². The van der Waals surface area contributed by atoms with E-state index in [9.17, 15) is 4.79 Å². The van der Waals surface area contributed by atoms with E-state index in [0.717, 1.165) is 31.7 Å². The fourth-order valence-corrected chi connectivity index (χ4v) is 3.30. The Labute approximate surface area is 177 Å². The van der Waals surface area contributed by atoms with Crippen molar-refractivity contribution in [2.24, 2.45) is 11.6 Å². The van der Waals surface area contributed by atoms with Crippen LogP contribution in [-0.4, -0.2) is 54.6 Å². The first-order valence-corrected chi connectivity index (χ1v) is 9.85. The number of rotatable bonds is 6. The van der Waals surface area contributed by atoms with Gasteiger partial charge in [-0.25, -0.2) is 5.84 Å². The van der Waals surface area contributed by atoms with Gasteiger partial charge in [-0.15, -0.1) is 0 Å². The molecule has 1 saturated heterocycles. The molecule has 8 heteroatoms. The lowest BCUT2D eigenvalue weighted by atomic mass is 10.1. The van der Waals surface area contributed by atoms with Gasteiger partial charge in [-0.1, -0.05) is 30.3 Å². The standard InChI is InChI=1S/C22H29N7O/c1-27-10-12-28(13-11-27)21(30)14-16-6-8-17(9-7-16)29(26)15-20(24)22(25)18-4-2-3-5-19(18)23/h2-9,15,25H,10-14,23-24,26H2,1H3/b20-15-,25-22?. The maximum atomic E-state index is 12.5. The van der Waals surface area contributed by atoms with Crippen LogP contribution in [0.4, 0.5) is 11.4 Å². The van der Waals surface area contributed by atoms with Gasteiger partial charge in [0, 0.05) is 43.6 Å². The summed E-state index contributed by atoms with van der Waals surface area (Å²) in [5.41, 5.74) is 14.9. The van der Waals surface area contributed by atoms with E-state index in [4.69, 9.17) is 22.7 Å². The molecular formula is C22H29N7O. The van der Waals surface area contributed by atoms with Gasteiger partial charge in [0.2, 0.25) is 5.91 Å². The molecule has 3 rings (SSSR count). The van der Waals surface area contributed by atoms with Gasteiger partial charge in [-0.3, -0.25) is 15.2 Å². The number of nitrogens with one attached hydrogen (secondary N) is 1. The second-order valence-electron chi connectivity index (χ2n) is 7.48. The van der Waals surface area contributed by atoms with E-state index in [1.807, 2.05) is 29.2 Å². The Kier molecular flexibility index (Phi) is 6.71. The van der Waals surface area contributed by atoms with Crippen LogP contribution in [0.15, 0.2) is 60.4 Å². The summed E-state index contributed by atoms with van der Waals surface area (Å²) in [5, 5.41) is 9.61. The van der Waals surface area contributed by atoms with Gasteiger partial charge in [0.1, 0.15) is 0 Å². The average Bonchev–Trinajstić information content (AvgIpc) is 2.74. The molecule has 7 N–H and O–H groups in total. The summed E-state index contributed by atoms with van der Waals surface area (Å²) < 4.78 is 0. The number of allylic oxidation sites excluding steroid dienone is 1. The fourth-order valence-electron chi connectivity index (χ4n) is 3.30. The number of benzene rings is 2. The summed E-state index contributed by atoms with van der Waals surface area (Å²) in [5.74, 6) is 6.24. The highest BCUT2D eigenvalue weighted by atomic mass is 16.2. The lowest BCUT2D eigenvalue weighted by molar-refractivity contribution is -0.132. The van der Waals surface area contributed by atoms with Gasteiger partial charge in [-0.2, -0.15) is 0 Å². The van der Waals surface area contributed by atoms with E-state index in [1.165, 1.54) is 11.2 Å². The Morgan fingerprint density at radius 2 is 1.73 bits per heavy atom. The first-order chi connectivity index (χ1) is 14.3. The third-order valence-corrected chi connectivity index (χ3v) is 5.24. The van der Waals surface area contributed by atoms with Crippen molar-refractivity contribution in [2.75, 3.05) is 44.0 Å². The Hall–Kier alpha value is -3.36. The fraction of sp³-hybridized carbons (Fsp3) is 0.273. The van der Waals surface area contributed by atoms with E-state index in [0.29, 0.717) is 23.4 Å². The summed E-state index contributed by atoms with van der Waals surface area (Å²) in [7, 11) is 2.07. The number of para-hydroxylation sites is 1. The van der Waals surface area contributed by atoms with Crippen LogP contribution < -0.4 is 22.3 Å². The molecule has 2 aromatic rings. The van der Waals surface area contributed by atoms with Crippen LogP contribution in [0.25, 0.3) is 0 Å². The number of nitrogens with two attached hydrogens (primary N) is 3. The third kappa shape index (κ3) is 5.16. The zero-order valence-electron chi connectivity index (χ0n) is 17.2. The molecule has 0 aromatic heterocycles. The summed E-state index contributed by atoms with van der Waals surface area (Å²) in [6, 6.07) is 14.5. The Bertz CT molecular complexity index is 931. The highest BCUT2D eigenvalue weighted by molar-refractivity contribution is 6.13. The number of nitrogen functional groups attached to an aromatic ring is 1. The van der Waals surface area contributed by atoms with Gasteiger partial charge < -0.3 is 21.3 Å². The Balaban J connectivity index is 1.62. The van der Waals surface area contributed by atoms with Crippen molar-refractivity contribution in [2.45, 2.75) is 6.42 Å². The molecule has 1 heterocycles. The van der Waals surface area contributed by atoms with Crippen LogP contribution in [0.5, 0.6) is 0 Å². The first-order valence-electron chi connectivity index (χ1n) is 9.85. The topological polar surface area (TPSA) is 129 Å². The van der Waals surface area contributed by atoms with Crippen LogP contribution in [0.1, 0.15) is 11.1 Å². The van der Waals surface area contributed by atoms with E-state index < -0.39 is 0 Å².